The molecule has 0 saturated heterocycles. The number of fused-ring (bicyclic) bond motifs is 1. The lowest BCUT2D eigenvalue weighted by molar-refractivity contribution is -0.141. The van der Waals surface area contributed by atoms with E-state index in [0.717, 1.165) is 24.7 Å². The number of sulfonamides is 1. The molecule has 2 aromatic carbocycles. The number of ether oxygens (including phenoxy) is 1. The maximum absolute atomic E-state index is 13.5. The lowest BCUT2D eigenvalue weighted by Gasteiger charge is -2.30. The molecule has 0 unspecified atom stereocenters. The van der Waals surface area contributed by atoms with Crippen molar-refractivity contribution in [1.82, 2.24) is 20.9 Å². The van der Waals surface area contributed by atoms with Crippen LogP contribution in [-0.4, -0.2) is 82.2 Å². The van der Waals surface area contributed by atoms with Crippen LogP contribution in [0.1, 0.15) is 37.3 Å². The molecule has 1 saturated carbocycles. The highest BCUT2D eigenvalue weighted by molar-refractivity contribution is 7.92. The van der Waals surface area contributed by atoms with Gasteiger partial charge in [-0.05, 0) is 80.0 Å². The summed E-state index contributed by atoms with van der Waals surface area (Å²) in [4.78, 5) is 41.4. The molecule has 11 nitrogen and oxygen atoms in total. The summed E-state index contributed by atoms with van der Waals surface area (Å²) in [7, 11) is -1.91. The predicted molar refractivity (Wildman–Crippen MR) is 161 cm³/mol. The largest absolute Gasteiger partial charge is 0.492 e. The van der Waals surface area contributed by atoms with Crippen LogP contribution in [0.5, 0.6) is 5.75 Å². The minimum atomic E-state index is -3.48. The van der Waals surface area contributed by atoms with Crippen LogP contribution in [0, 0.1) is 11.7 Å². The third-order valence-corrected chi connectivity index (χ3v) is 8.27. The van der Waals surface area contributed by atoms with Crippen LogP contribution >= 0.6 is 0 Å². The first-order valence-corrected chi connectivity index (χ1v) is 16.4. The fraction of sp³-hybridized carbons (Fsp3) is 0.500. The van der Waals surface area contributed by atoms with Crippen molar-refractivity contribution in [2.45, 2.75) is 57.2 Å². The minimum absolute atomic E-state index is 0.131. The van der Waals surface area contributed by atoms with Crippen molar-refractivity contribution >= 4 is 33.4 Å². The van der Waals surface area contributed by atoms with Crippen LogP contribution in [0.3, 0.4) is 0 Å². The number of halogens is 1. The Hall–Kier alpha value is -3.71. The Bertz CT molecular complexity index is 1420. The number of benzene rings is 2. The summed E-state index contributed by atoms with van der Waals surface area (Å²) in [5, 5.41) is 8.96. The first-order valence-electron chi connectivity index (χ1n) is 14.5. The fourth-order valence-corrected chi connectivity index (χ4v) is 5.57. The molecule has 1 fully saturated rings. The van der Waals surface area contributed by atoms with Crippen LogP contribution < -0.4 is 25.4 Å². The first kappa shape index (κ1) is 32.2. The van der Waals surface area contributed by atoms with E-state index in [0.29, 0.717) is 36.4 Å². The van der Waals surface area contributed by atoms with Crippen molar-refractivity contribution in [1.29, 1.82) is 0 Å². The second-order valence-electron chi connectivity index (χ2n) is 11.2. The summed E-state index contributed by atoms with van der Waals surface area (Å²) in [6.07, 6.45) is 3.99. The molecule has 3 atom stereocenters. The average molecular weight is 618 g/mol. The molecule has 0 aromatic heterocycles. The number of nitrogens with one attached hydrogen (secondary N) is 4. The summed E-state index contributed by atoms with van der Waals surface area (Å²) >= 11 is 0. The highest BCUT2D eigenvalue weighted by Gasteiger charge is 2.39. The number of anilines is 1. The van der Waals surface area contributed by atoms with Crippen molar-refractivity contribution in [2.24, 2.45) is 5.92 Å². The van der Waals surface area contributed by atoms with Crippen molar-refractivity contribution < 1.29 is 31.9 Å². The fourth-order valence-electron chi connectivity index (χ4n) is 5.01. The Morgan fingerprint density at radius 1 is 1.05 bits per heavy atom. The van der Waals surface area contributed by atoms with Gasteiger partial charge >= 0.3 is 0 Å². The Labute approximate surface area is 252 Å². The van der Waals surface area contributed by atoms with E-state index in [4.69, 9.17) is 4.74 Å². The third kappa shape index (κ3) is 9.39. The molecule has 3 amide bonds. The molecule has 1 aliphatic carbocycles. The van der Waals surface area contributed by atoms with E-state index in [-0.39, 0.29) is 31.4 Å². The van der Waals surface area contributed by atoms with Gasteiger partial charge in [-0.3, -0.25) is 19.1 Å². The Kier molecular flexibility index (Phi) is 10.6. The summed E-state index contributed by atoms with van der Waals surface area (Å²) in [5.41, 5.74) is 1.81. The van der Waals surface area contributed by atoms with Gasteiger partial charge in [0.2, 0.25) is 27.7 Å². The van der Waals surface area contributed by atoms with Crippen molar-refractivity contribution in [2.75, 3.05) is 37.7 Å². The second kappa shape index (κ2) is 14.2. The number of hydrogen-bond acceptors (Lipinski definition) is 7. The number of likely N-dealkylation sites (N-methyl/N-ethyl adjacent to an activating group) is 1. The molecular weight excluding hydrogens is 577 g/mol. The summed E-state index contributed by atoms with van der Waals surface area (Å²) < 4.78 is 45.6. The van der Waals surface area contributed by atoms with Crippen molar-refractivity contribution in [3.63, 3.8) is 0 Å². The number of carbonyl (C=O) groups is 3. The quantitative estimate of drug-likeness (QED) is 0.399. The molecular formula is C30H40FN5O6S. The number of nitrogens with zero attached hydrogens (tertiary/aromatic N) is 1. The highest BCUT2D eigenvalue weighted by Crippen LogP contribution is 2.33. The first-order chi connectivity index (χ1) is 20.4. The number of amides is 3. The number of hydrogen-bond donors (Lipinski definition) is 4. The van der Waals surface area contributed by atoms with Gasteiger partial charge in [0, 0.05) is 32.2 Å². The van der Waals surface area contributed by atoms with Crippen LogP contribution in [0.25, 0.3) is 0 Å². The predicted octanol–water partition coefficient (Wildman–Crippen LogP) is 1.58. The van der Waals surface area contributed by atoms with Gasteiger partial charge < -0.3 is 25.6 Å². The van der Waals surface area contributed by atoms with Gasteiger partial charge in [-0.2, -0.15) is 0 Å². The normalized spacial score (nSPS) is 23.2. The maximum atomic E-state index is 13.5. The van der Waals surface area contributed by atoms with Gasteiger partial charge in [-0.1, -0.05) is 12.1 Å². The summed E-state index contributed by atoms with van der Waals surface area (Å²) in [6.45, 7) is 2.55. The average Bonchev–Trinajstić information content (AvgIpc) is 3.79. The maximum Gasteiger partial charge on any atom is 0.243 e. The monoisotopic (exact) mass is 617 g/mol. The molecule has 0 bridgehead atoms. The number of aryl methyl sites for hydroxylation is 1. The molecule has 0 spiro atoms. The van der Waals surface area contributed by atoms with Crippen molar-refractivity contribution in [3.8, 4) is 5.75 Å². The molecule has 43 heavy (non-hydrogen) atoms. The molecule has 13 heteroatoms. The molecule has 0 radical (unpaired) electrons. The van der Waals surface area contributed by atoms with E-state index in [1.54, 1.807) is 44.3 Å². The highest BCUT2D eigenvalue weighted by atomic mass is 32.2. The molecule has 4 rings (SSSR count). The van der Waals surface area contributed by atoms with Crippen LogP contribution in [0.4, 0.5) is 10.1 Å². The van der Waals surface area contributed by atoms with Crippen LogP contribution in [-0.2, 0) is 37.2 Å². The number of carbonyl (C=O) groups excluding carboxylic acids is 3. The minimum Gasteiger partial charge on any atom is -0.492 e. The summed E-state index contributed by atoms with van der Waals surface area (Å²) in [5.74, 6) is -0.783. The molecule has 234 valence electrons. The molecule has 2 aliphatic rings. The van der Waals surface area contributed by atoms with Crippen molar-refractivity contribution in [3.05, 3.63) is 59.4 Å². The van der Waals surface area contributed by atoms with Gasteiger partial charge in [-0.25, -0.2) is 12.8 Å². The zero-order chi connectivity index (χ0) is 31.1. The van der Waals surface area contributed by atoms with Gasteiger partial charge in [0.05, 0.1) is 12.3 Å². The van der Waals surface area contributed by atoms with E-state index in [2.05, 4.69) is 20.7 Å². The van der Waals surface area contributed by atoms with Gasteiger partial charge in [0.1, 0.15) is 30.3 Å². The molecule has 2 aromatic rings. The lowest BCUT2D eigenvalue weighted by atomic mass is 10.0. The van der Waals surface area contributed by atoms with E-state index in [1.165, 1.54) is 17.0 Å². The van der Waals surface area contributed by atoms with Crippen LogP contribution in [0.15, 0.2) is 42.5 Å². The Balaban J connectivity index is 1.58. The van der Waals surface area contributed by atoms with Gasteiger partial charge in [-0.15, -0.1) is 0 Å². The smallest absolute Gasteiger partial charge is 0.243 e. The zero-order valence-corrected chi connectivity index (χ0v) is 25.5. The molecule has 1 heterocycles. The van der Waals surface area contributed by atoms with E-state index < -0.39 is 45.8 Å². The molecule has 1 aliphatic heterocycles. The zero-order valence-electron chi connectivity index (χ0n) is 24.7. The van der Waals surface area contributed by atoms with E-state index >= 15 is 0 Å². The topological polar surface area (TPSA) is 146 Å². The Morgan fingerprint density at radius 3 is 2.44 bits per heavy atom. The lowest BCUT2D eigenvalue weighted by Crippen LogP contribution is -2.56. The van der Waals surface area contributed by atoms with Crippen LogP contribution in [0.2, 0.25) is 0 Å². The Morgan fingerprint density at radius 2 is 1.77 bits per heavy atom. The van der Waals surface area contributed by atoms with Gasteiger partial charge in [0.25, 0.3) is 0 Å². The summed E-state index contributed by atoms with van der Waals surface area (Å²) in [6, 6.07) is 8.46. The molecule has 4 N–H and O–H groups in total. The van der Waals surface area contributed by atoms with E-state index in [9.17, 15) is 27.2 Å². The third-order valence-electron chi connectivity index (χ3n) is 7.66. The van der Waals surface area contributed by atoms with Gasteiger partial charge in [0.15, 0.2) is 0 Å². The van der Waals surface area contributed by atoms with E-state index in [1.807, 2.05) is 0 Å². The standard InChI is InChI=1S/C30H40FN5O6S/c1-19-28(37)34-25(17-20-6-10-23(31)11-7-20)29(38)33-14-4-5-22-18-24(35-43(3,40)41)12-13-26(22)42-16-15-32-27(21-8-9-21)30(39)36(19)2/h6-7,10-13,18-19,21,25,27,32,35H,4-5,8-9,14-17H2,1-3H3,(H,33,38)(H,34,37)/t19-,25-,27+/m1/s1. The SMILES string of the molecule is C[C@@H]1C(=O)N[C@H](Cc2ccc(F)cc2)C(=O)NCCCc2cc(NS(C)(=O)=O)ccc2OCCN[C@@H](C2CC2)C(=O)N1C. The number of rotatable bonds is 5. The second-order valence-corrected chi connectivity index (χ2v) is 13.0.